The molecule has 16 heavy (non-hydrogen) atoms. The highest BCUT2D eigenvalue weighted by atomic mass is 28.4. The minimum atomic E-state index is -1.60. The third kappa shape index (κ3) is 4.19. The van der Waals surface area contributed by atoms with Gasteiger partial charge in [0.15, 0.2) is 8.32 Å². The summed E-state index contributed by atoms with van der Waals surface area (Å²) in [5.41, 5.74) is 0. The van der Waals surface area contributed by atoms with Gasteiger partial charge >= 0.3 is 0 Å². The molecule has 1 saturated heterocycles. The maximum atomic E-state index is 6.45. The predicted molar refractivity (Wildman–Crippen MR) is 71.3 cm³/mol. The molecule has 0 bridgehead atoms. The summed E-state index contributed by atoms with van der Waals surface area (Å²) in [6.07, 6.45) is 4.37. The summed E-state index contributed by atoms with van der Waals surface area (Å²) in [6.45, 7) is 14.8. The van der Waals surface area contributed by atoms with E-state index in [0.29, 0.717) is 17.2 Å². The smallest absolute Gasteiger partial charge is 0.192 e. The number of rotatable bonds is 6. The molecule has 0 spiro atoms. The van der Waals surface area contributed by atoms with Crippen molar-refractivity contribution in [1.29, 1.82) is 0 Å². The van der Waals surface area contributed by atoms with E-state index in [1.54, 1.807) is 0 Å². The Morgan fingerprint density at radius 3 is 2.31 bits per heavy atom. The maximum Gasteiger partial charge on any atom is 0.192 e. The predicted octanol–water partition coefficient (Wildman–Crippen LogP) is 3.97. The molecule has 0 aliphatic carbocycles. The van der Waals surface area contributed by atoms with Crippen molar-refractivity contribution in [1.82, 2.24) is 0 Å². The Morgan fingerprint density at radius 1 is 1.38 bits per heavy atom. The lowest BCUT2D eigenvalue weighted by Crippen LogP contribution is -2.44. The summed E-state index contributed by atoms with van der Waals surface area (Å²) in [4.78, 5) is 0. The SMILES string of the molecule is CCC[C@H](CC1CO1)O[Si](C)(C)C(C)(C)C. The van der Waals surface area contributed by atoms with Crippen LogP contribution in [0.15, 0.2) is 0 Å². The van der Waals surface area contributed by atoms with Gasteiger partial charge in [0.05, 0.1) is 12.7 Å². The van der Waals surface area contributed by atoms with Crippen molar-refractivity contribution in [2.24, 2.45) is 0 Å². The van der Waals surface area contributed by atoms with Crippen LogP contribution >= 0.6 is 0 Å². The van der Waals surface area contributed by atoms with E-state index >= 15 is 0 Å². The molecule has 1 aliphatic heterocycles. The van der Waals surface area contributed by atoms with E-state index < -0.39 is 8.32 Å². The summed E-state index contributed by atoms with van der Waals surface area (Å²) in [5, 5.41) is 0.309. The van der Waals surface area contributed by atoms with Crippen LogP contribution in [0.1, 0.15) is 47.0 Å². The Balaban J connectivity index is 2.51. The van der Waals surface area contributed by atoms with E-state index in [1.165, 1.54) is 12.8 Å². The third-order valence-corrected chi connectivity index (χ3v) is 8.34. The van der Waals surface area contributed by atoms with Crippen molar-refractivity contribution < 1.29 is 9.16 Å². The number of epoxide rings is 1. The van der Waals surface area contributed by atoms with E-state index in [0.717, 1.165) is 13.0 Å². The topological polar surface area (TPSA) is 21.8 Å². The quantitative estimate of drug-likeness (QED) is 0.521. The molecule has 0 N–H and O–H groups in total. The largest absolute Gasteiger partial charge is 0.414 e. The van der Waals surface area contributed by atoms with Gasteiger partial charge in [0.2, 0.25) is 0 Å². The summed E-state index contributed by atoms with van der Waals surface area (Å²) >= 11 is 0. The van der Waals surface area contributed by atoms with Crippen molar-refractivity contribution >= 4 is 8.32 Å². The van der Waals surface area contributed by atoms with Crippen LogP contribution in [0.2, 0.25) is 18.1 Å². The molecule has 0 amide bonds. The first-order valence-electron chi connectivity index (χ1n) is 6.55. The van der Waals surface area contributed by atoms with Gasteiger partial charge < -0.3 is 9.16 Å². The summed E-state index contributed by atoms with van der Waals surface area (Å²) in [5.74, 6) is 0. The highest BCUT2D eigenvalue weighted by molar-refractivity contribution is 6.74. The normalized spacial score (nSPS) is 23.2. The van der Waals surface area contributed by atoms with Crippen LogP contribution in [0.25, 0.3) is 0 Å². The Kier molecular flexibility index (Phi) is 4.61. The third-order valence-electron chi connectivity index (χ3n) is 3.81. The first kappa shape index (κ1) is 14.2. The fourth-order valence-corrected chi connectivity index (χ4v) is 3.04. The van der Waals surface area contributed by atoms with Crippen molar-refractivity contribution in [3.8, 4) is 0 Å². The van der Waals surface area contributed by atoms with Crippen LogP contribution in [0, 0.1) is 0 Å². The molecule has 0 aromatic carbocycles. The lowest BCUT2D eigenvalue weighted by Gasteiger charge is -2.39. The molecule has 2 nitrogen and oxygen atoms in total. The van der Waals surface area contributed by atoms with E-state index in [9.17, 15) is 0 Å². The minimum Gasteiger partial charge on any atom is -0.414 e. The standard InChI is InChI=1S/C13H28O2Si/c1-7-8-11(9-12-10-14-12)15-16(5,6)13(2,3)4/h11-12H,7-10H2,1-6H3/t11-,12?/m1/s1. The Bertz CT molecular complexity index is 216. The van der Waals surface area contributed by atoms with E-state index in [-0.39, 0.29) is 0 Å². The maximum absolute atomic E-state index is 6.45. The molecule has 1 unspecified atom stereocenters. The van der Waals surface area contributed by atoms with Gasteiger partial charge in [-0.2, -0.15) is 0 Å². The molecule has 96 valence electrons. The molecular weight excluding hydrogens is 216 g/mol. The average molecular weight is 244 g/mol. The average Bonchev–Trinajstić information content (AvgIpc) is 2.85. The summed E-state index contributed by atoms with van der Waals surface area (Å²) in [7, 11) is -1.60. The van der Waals surface area contributed by atoms with E-state index in [4.69, 9.17) is 9.16 Å². The Hall–Kier alpha value is 0.137. The molecule has 3 heteroatoms. The van der Waals surface area contributed by atoms with Crippen LogP contribution in [0.3, 0.4) is 0 Å². The molecule has 1 rings (SSSR count). The summed E-state index contributed by atoms with van der Waals surface area (Å²) in [6, 6.07) is 0. The van der Waals surface area contributed by atoms with Gasteiger partial charge in [0, 0.05) is 12.5 Å². The second kappa shape index (κ2) is 5.19. The lowest BCUT2D eigenvalue weighted by molar-refractivity contribution is 0.149. The minimum absolute atomic E-state index is 0.309. The molecule has 1 fully saturated rings. The molecular formula is C13H28O2Si. The lowest BCUT2D eigenvalue weighted by atomic mass is 10.1. The zero-order valence-electron chi connectivity index (χ0n) is 11.8. The number of hydrogen-bond donors (Lipinski definition) is 0. The van der Waals surface area contributed by atoms with Gasteiger partial charge in [0.1, 0.15) is 0 Å². The van der Waals surface area contributed by atoms with Crippen LogP contribution in [0.4, 0.5) is 0 Å². The number of ether oxygens (including phenoxy) is 1. The van der Waals surface area contributed by atoms with Gasteiger partial charge in [-0.1, -0.05) is 34.1 Å². The first-order chi connectivity index (χ1) is 7.26. The van der Waals surface area contributed by atoms with Crippen LogP contribution in [-0.2, 0) is 9.16 Å². The zero-order chi connectivity index (χ0) is 12.4. The van der Waals surface area contributed by atoms with E-state index in [2.05, 4.69) is 40.8 Å². The molecule has 1 heterocycles. The second-order valence-electron chi connectivity index (χ2n) is 6.48. The summed E-state index contributed by atoms with van der Waals surface area (Å²) < 4.78 is 11.8. The fraction of sp³-hybridized carbons (Fsp3) is 1.00. The molecule has 0 aromatic rings. The zero-order valence-corrected chi connectivity index (χ0v) is 12.8. The van der Waals surface area contributed by atoms with Crippen molar-refractivity contribution in [2.75, 3.05) is 6.61 Å². The first-order valence-corrected chi connectivity index (χ1v) is 9.46. The van der Waals surface area contributed by atoms with Gasteiger partial charge in [0.25, 0.3) is 0 Å². The number of hydrogen-bond acceptors (Lipinski definition) is 2. The molecule has 0 radical (unpaired) electrons. The molecule has 1 aliphatic rings. The van der Waals surface area contributed by atoms with Gasteiger partial charge in [-0.3, -0.25) is 0 Å². The highest BCUT2D eigenvalue weighted by Crippen LogP contribution is 2.38. The Morgan fingerprint density at radius 2 is 1.94 bits per heavy atom. The Labute approximate surface area is 102 Å². The molecule has 0 aromatic heterocycles. The van der Waals surface area contributed by atoms with Crippen molar-refractivity contribution in [3.63, 3.8) is 0 Å². The van der Waals surface area contributed by atoms with Gasteiger partial charge in [-0.25, -0.2) is 0 Å². The van der Waals surface area contributed by atoms with Gasteiger partial charge in [-0.05, 0) is 24.6 Å². The van der Waals surface area contributed by atoms with Crippen molar-refractivity contribution in [2.45, 2.75) is 77.3 Å². The molecule has 0 saturated carbocycles. The van der Waals surface area contributed by atoms with Crippen LogP contribution < -0.4 is 0 Å². The van der Waals surface area contributed by atoms with Gasteiger partial charge in [-0.15, -0.1) is 0 Å². The van der Waals surface area contributed by atoms with Crippen LogP contribution in [0.5, 0.6) is 0 Å². The second-order valence-corrected chi connectivity index (χ2v) is 11.2. The van der Waals surface area contributed by atoms with Crippen molar-refractivity contribution in [3.05, 3.63) is 0 Å². The fourth-order valence-electron chi connectivity index (χ4n) is 1.64. The van der Waals surface area contributed by atoms with E-state index in [1.807, 2.05) is 0 Å². The highest BCUT2D eigenvalue weighted by Gasteiger charge is 2.40. The molecule has 2 atom stereocenters. The van der Waals surface area contributed by atoms with Crippen LogP contribution in [-0.4, -0.2) is 27.1 Å². The monoisotopic (exact) mass is 244 g/mol.